The van der Waals surface area contributed by atoms with Gasteiger partial charge in [0.15, 0.2) is 11.1 Å². The summed E-state index contributed by atoms with van der Waals surface area (Å²) in [5, 5.41) is 7.02. The third-order valence-corrected chi connectivity index (χ3v) is 3.44. The van der Waals surface area contributed by atoms with E-state index in [1.807, 2.05) is 12.1 Å². The van der Waals surface area contributed by atoms with E-state index in [1.54, 1.807) is 6.20 Å². The molecule has 0 saturated heterocycles. The number of hydrogen-bond donors (Lipinski definition) is 3. The molecule has 22 heavy (non-hydrogen) atoms. The van der Waals surface area contributed by atoms with Crippen molar-refractivity contribution in [1.82, 2.24) is 15.6 Å². The molecule has 0 aliphatic rings. The van der Waals surface area contributed by atoms with Gasteiger partial charge in [0.2, 0.25) is 0 Å². The summed E-state index contributed by atoms with van der Waals surface area (Å²) in [5.74, 6) is 0.635. The Morgan fingerprint density at radius 2 is 2.23 bits per heavy atom. The minimum Gasteiger partial charge on any atom is -0.376 e. The van der Waals surface area contributed by atoms with Gasteiger partial charge in [-0.05, 0) is 43.6 Å². The van der Waals surface area contributed by atoms with Crippen LogP contribution in [0.3, 0.4) is 0 Å². The summed E-state index contributed by atoms with van der Waals surface area (Å²) >= 11 is 10.9. The number of aromatic nitrogens is 1. The number of aryl methyl sites for hydroxylation is 1. The van der Waals surface area contributed by atoms with Crippen LogP contribution in [0.25, 0.3) is 0 Å². The number of aliphatic imine (C=N–C) groups is 1. The molecule has 0 aliphatic heterocycles. The predicted molar refractivity (Wildman–Crippen MR) is 97.3 cm³/mol. The molecule has 0 atom stereocenters. The number of pyridine rings is 1. The molecule has 0 fully saturated rings. The summed E-state index contributed by atoms with van der Waals surface area (Å²) in [6.45, 7) is 3.68. The molecule has 0 radical (unpaired) electrons. The first-order valence-corrected chi connectivity index (χ1v) is 8.36. The van der Waals surface area contributed by atoms with Gasteiger partial charge < -0.3 is 16.4 Å². The summed E-state index contributed by atoms with van der Waals surface area (Å²) < 4.78 is 0. The van der Waals surface area contributed by atoms with Crippen LogP contribution >= 0.6 is 23.8 Å². The number of hydrogen-bond acceptors (Lipinski definition) is 3. The van der Waals surface area contributed by atoms with E-state index in [0.717, 1.165) is 31.5 Å². The Morgan fingerprint density at radius 3 is 2.91 bits per heavy atom. The maximum Gasteiger partial charge on any atom is 0.197 e. The molecule has 1 aromatic rings. The fraction of sp³-hybridized carbons (Fsp3) is 0.533. The third kappa shape index (κ3) is 8.14. The van der Waals surface area contributed by atoms with E-state index in [4.69, 9.17) is 29.6 Å². The van der Waals surface area contributed by atoms with Gasteiger partial charge >= 0.3 is 0 Å². The third-order valence-electron chi connectivity index (χ3n) is 2.99. The van der Waals surface area contributed by atoms with Crippen LogP contribution < -0.4 is 16.4 Å². The van der Waals surface area contributed by atoms with Crippen molar-refractivity contribution in [2.24, 2.45) is 10.7 Å². The van der Waals surface area contributed by atoms with Crippen LogP contribution in [0.1, 0.15) is 38.3 Å². The minimum absolute atomic E-state index is 0.217. The van der Waals surface area contributed by atoms with E-state index in [2.05, 4.69) is 27.5 Å². The normalized spacial score (nSPS) is 11.3. The van der Waals surface area contributed by atoms with Gasteiger partial charge in [-0.1, -0.05) is 31.4 Å². The number of nitrogens with one attached hydrogen (secondary N) is 2. The van der Waals surface area contributed by atoms with E-state index in [1.165, 1.54) is 12.8 Å². The van der Waals surface area contributed by atoms with Crippen molar-refractivity contribution in [3.8, 4) is 0 Å². The molecule has 0 bridgehead atoms. The minimum atomic E-state index is 0.217. The van der Waals surface area contributed by atoms with Crippen LogP contribution in [0, 0.1) is 0 Å². The van der Waals surface area contributed by atoms with Gasteiger partial charge in [0.05, 0.1) is 10.7 Å². The van der Waals surface area contributed by atoms with E-state index >= 15 is 0 Å². The molecule has 1 heterocycles. The number of halogens is 1. The second-order valence-corrected chi connectivity index (χ2v) is 5.74. The van der Waals surface area contributed by atoms with Crippen molar-refractivity contribution in [2.75, 3.05) is 13.1 Å². The number of thiocarbonyl (C=S) groups is 1. The molecule has 0 aromatic carbocycles. The lowest BCUT2D eigenvalue weighted by atomic mass is 10.2. The summed E-state index contributed by atoms with van der Waals surface area (Å²) in [6.07, 6.45) is 6.86. The molecule has 0 saturated carbocycles. The Kier molecular flexibility index (Phi) is 9.50. The first-order chi connectivity index (χ1) is 10.6. The van der Waals surface area contributed by atoms with Gasteiger partial charge in [-0.15, -0.1) is 0 Å². The highest BCUT2D eigenvalue weighted by Gasteiger charge is 2.02. The number of unbranched alkanes of at least 4 members (excludes halogenated alkanes) is 2. The Bertz CT molecular complexity index is 493. The van der Waals surface area contributed by atoms with Crippen molar-refractivity contribution >= 4 is 34.9 Å². The van der Waals surface area contributed by atoms with Crippen molar-refractivity contribution < 1.29 is 0 Å². The molecule has 1 rings (SSSR count). The van der Waals surface area contributed by atoms with Crippen LogP contribution in [0.15, 0.2) is 23.3 Å². The first kappa shape index (κ1) is 18.6. The van der Waals surface area contributed by atoms with Crippen molar-refractivity contribution in [3.05, 3.63) is 29.0 Å². The van der Waals surface area contributed by atoms with E-state index < -0.39 is 0 Å². The smallest absolute Gasteiger partial charge is 0.197 e. The van der Waals surface area contributed by atoms with Crippen LogP contribution in [0.2, 0.25) is 5.02 Å². The molecular formula is C15H24ClN5S. The van der Waals surface area contributed by atoms with Crippen LogP contribution in [-0.4, -0.2) is 29.1 Å². The number of rotatable bonds is 8. The van der Waals surface area contributed by atoms with Crippen LogP contribution in [-0.2, 0) is 6.42 Å². The van der Waals surface area contributed by atoms with Gasteiger partial charge in [0, 0.05) is 19.3 Å². The molecule has 7 heteroatoms. The molecule has 0 unspecified atom stereocenters. The van der Waals surface area contributed by atoms with E-state index in [-0.39, 0.29) is 5.11 Å². The lowest BCUT2D eigenvalue weighted by molar-refractivity contribution is 0.688. The second kappa shape index (κ2) is 11.2. The zero-order valence-corrected chi connectivity index (χ0v) is 14.5. The molecule has 0 spiro atoms. The Hall–Kier alpha value is -1.40. The van der Waals surface area contributed by atoms with Gasteiger partial charge in [0.1, 0.15) is 0 Å². The second-order valence-electron chi connectivity index (χ2n) is 4.89. The summed E-state index contributed by atoms with van der Waals surface area (Å²) in [5.41, 5.74) is 6.41. The Balaban J connectivity index is 2.39. The monoisotopic (exact) mass is 341 g/mol. The fourth-order valence-electron chi connectivity index (χ4n) is 1.88. The van der Waals surface area contributed by atoms with Crippen molar-refractivity contribution in [1.29, 1.82) is 0 Å². The van der Waals surface area contributed by atoms with E-state index in [0.29, 0.717) is 17.5 Å². The highest BCUT2D eigenvalue weighted by Crippen LogP contribution is 2.13. The molecule has 122 valence electrons. The maximum atomic E-state index is 6.08. The molecule has 0 aliphatic carbocycles. The topological polar surface area (TPSA) is 75.3 Å². The van der Waals surface area contributed by atoms with Crippen LogP contribution in [0.4, 0.5) is 0 Å². The largest absolute Gasteiger partial charge is 0.376 e. The van der Waals surface area contributed by atoms with Gasteiger partial charge in [-0.3, -0.25) is 9.98 Å². The predicted octanol–water partition coefficient (Wildman–Crippen LogP) is 2.64. The van der Waals surface area contributed by atoms with Gasteiger partial charge in [0.25, 0.3) is 0 Å². The number of guanidine groups is 1. The molecule has 1 aromatic heterocycles. The fourth-order valence-corrected chi connectivity index (χ4v) is 2.19. The standard InChI is InChI=1S/C15H24ClN5S/c1-2-3-4-9-19-15(21-14(17)22)20-11-6-8-13-12(16)7-5-10-18-13/h5,7,10H,2-4,6,8-9,11H2,1H3,(H4,17,19,20,21,22). The zero-order valence-electron chi connectivity index (χ0n) is 12.9. The van der Waals surface area contributed by atoms with Crippen molar-refractivity contribution in [3.63, 3.8) is 0 Å². The van der Waals surface area contributed by atoms with Crippen LogP contribution in [0.5, 0.6) is 0 Å². The molecule has 0 amide bonds. The summed E-state index contributed by atoms with van der Waals surface area (Å²) in [4.78, 5) is 8.72. The average molecular weight is 342 g/mol. The Labute approximate surface area is 142 Å². The quantitative estimate of drug-likeness (QED) is 0.293. The SMILES string of the molecule is CCCCCNC(=NCCCc1ncccc1Cl)NC(N)=S. The molecule has 4 N–H and O–H groups in total. The number of nitrogens with two attached hydrogens (primary N) is 1. The average Bonchev–Trinajstić information content (AvgIpc) is 2.49. The highest BCUT2D eigenvalue weighted by molar-refractivity contribution is 7.80. The van der Waals surface area contributed by atoms with Crippen molar-refractivity contribution in [2.45, 2.75) is 39.0 Å². The number of nitrogens with zero attached hydrogens (tertiary/aromatic N) is 2. The molecule has 5 nitrogen and oxygen atoms in total. The maximum absolute atomic E-state index is 6.08. The lowest BCUT2D eigenvalue weighted by Gasteiger charge is -2.11. The first-order valence-electron chi connectivity index (χ1n) is 7.57. The Morgan fingerprint density at radius 1 is 1.41 bits per heavy atom. The lowest BCUT2D eigenvalue weighted by Crippen LogP contribution is -2.44. The highest BCUT2D eigenvalue weighted by atomic mass is 35.5. The zero-order chi connectivity index (χ0) is 16.2. The molecular weight excluding hydrogens is 318 g/mol. The van der Waals surface area contributed by atoms with Gasteiger partial charge in [-0.2, -0.15) is 0 Å². The summed E-state index contributed by atoms with van der Waals surface area (Å²) in [6, 6.07) is 3.68. The van der Waals surface area contributed by atoms with E-state index in [9.17, 15) is 0 Å². The van der Waals surface area contributed by atoms with Gasteiger partial charge in [-0.25, -0.2) is 0 Å². The summed E-state index contributed by atoms with van der Waals surface area (Å²) in [7, 11) is 0.